The molecule has 0 unspecified atom stereocenters. The van der Waals surface area contributed by atoms with Crippen molar-refractivity contribution in [1.29, 1.82) is 0 Å². The molecule has 0 fully saturated rings. The van der Waals surface area contributed by atoms with Crippen LogP contribution < -0.4 is 19.7 Å². The van der Waals surface area contributed by atoms with Gasteiger partial charge < -0.3 is 19.7 Å². The zero-order valence-corrected chi connectivity index (χ0v) is 19.3. The molecule has 1 N–H and O–H groups in total. The largest absolute Gasteiger partial charge is 0.497 e. The van der Waals surface area contributed by atoms with Crippen LogP contribution in [0.15, 0.2) is 72.4 Å². The van der Waals surface area contributed by atoms with Gasteiger partial charge in [0.15, 0.2) is 0 Å². The van der Waals surface area contributed by atoms with Crippen LogP contribution in [0.3, 0.4) is 0 Å². The lowest BCUT2D eigenvalue weighted by Gasteiger charge is -2.26. The van der Waals surface area contributed by atoms with E-state index >= 15 is 0 Å². The van der Waals surface area contributed by atoms with Gasteiger partial charge in [-0.2, -0.15) is 5.10 Å². The summed E-state index contributed by atoms with van der Waals surface area (Å²) in [5, 5.41) is 8.48. The number of benzene rings is 1. The van der Waals surface area contributed by atoms with Crippen molar-refractivity contribution in [3.63, 3.8) is 0 Å². The standard InChI is InChI=1S/C25H25N7O2/c1-31-15-19(13-30-31)18-7-17-8-25(29-14-23(17)28-12-18)32(16-24-26-5-4-6-27-24)20-9-21(33-2)11-22(10-20)34-3/h4-5,7-15H,6,16H2,1-3H3,(H,26,27). The number of nitrogens with one attached hydrogen (secondary N) is 1. The minimum atomic E-state index is 0.495. The van der Waals surface area contributed by atoms with Crippen molar-refractivity contribution >= 4 is 28.2 Å². The molecule has 3 aromatic heterocycles. The number of methoxy groups -OCH3 is 2. The molecule has 9 heteroatoms. The van der Waals surface area contributed by atoms with Gasteiger partial charge in [-0.05, 0) is 18.2 Å². The monoisotopic (exact) mass is 455 g/mol. The number of aliphatic imine (C=N–C) groups is 1. The summed E-state index contributed by atoms with van der Waals surface area (Å²) in [6.07, 6.45) is 11.3. The van der Waals surface area contributed by atoms with Crippen molar-refractivity contribution in [2.45, 2.75) is 0 Å². The summed E-state index contributed by atoms with van der Waals surface area (Å²) in [6.45, 7) is 1.13. The molecule has 1 aliphatic heterocycles. The summed E-state index contributed by atoms with van der Waals surface area (Å²) in [5.41, 5.74) is 3.70. The Morgan fingerprint density at radius 2 is 1.79 bits per heavy atom. The highest BCUT2D eigenvalue weighted by Gasteiger charge is 2.18. The Morgan fingerprint density at radius 3 is 2.47 bits per heavy atom. The molecule has 0 saturated carbocycles. The number of aromatic nitrogens is 4. The molecule has 4 aromatic rings. The molecule has 1 aromatic carbocycles. The van der Waals surface area contributed by atoms with Crippen LogP contribution in [0, 0.1) is 0 Å². The molecular formula is C25H25N7O2. The number of ether oxygens (including phenoxy) is 2. The molecule has 5 rings (SSSR count). The van der Waals surface area contributed by atoms with Gasteiger partial charge in [-0.15, -0.1) is 0 Å². The highest BCUT2D eigenvalue weighted by atomic mass is 16.5. The van der Waals surface area contributed by atoms with E-state index < -0.39 is 0 Å². The van der Waals surface area contributed by atoms with Gasteiger partial charge in [-0.3, -0.25) is 14.7 Å². The number of aryl methyl sites for hydroxylation is 1. The van der Waals surface area contributed by atoms with Gasteiger partial charge in [-0.1, -0.05) is 0 Å². The van der Waals surface area contributed by atoms with Gasteiger partial charge in [0, 0.05) is 60.4 Å². The molecule has 0 saturated heterocycles. The third-order valence-electron chi connectivity index (χ3n) is 5.58. The van der Waals surface area contributed by atoms with Crippen molar-refractivity contribution in [3.05, 3.63) is 67.4 Å². The van der Waals surface area contributed by atoms with Crippen LogP contribution in [0.5, 0.6) is 11.5 Å². The summed E-state index contributed by atoms with van der Waals surface area (Å²) in [4.78, 5) is 16.0. The van der Waals surface area contributed by atoms with Crippen LogP contribution in [0.4, 0.5) is 11.5 Å². The number of nitrogens with zero attached hydrogens (tertiary/aromatic N) is 6. The van der Waals surface area contributed by atoms with Crippen LogP contribution in [-0.4, -0.2) is 52.9 Å². The lowest BCUT2D eigenvalue weighted by Crippen LogP contribution is -2.34. The van der Waals surface area contributed by atoms with Gasteiger partial charge >= 0.3 is 0 Å². The highest BCUT2D eigenvalue weighted by Crippen LogP contribution is 2.33. The molecular weight excluding hydrogens is 430 g/mol. The molecule has 34 heavy (non-hydrogen) atoms. The van der Waals surface area contributed by atoms with E-state index in [4.69, 9.17) is 14.5 Å². The Balaban J connectivity index is 1.59. The van der Waals surface area contributed by atoms with Gasteiger partial charge in [0.2, 0.25) is 0 Å². The zero-order valence-electron chi connectivity index (χ0n) is 19.3. The summed E-state index contributed by atoms with van der Waals surface area (Å²) in [5.74, 6) is 2.98. The van der Waals surface area contributed by atoms with Crippen molar-refractivity contribution in [1.82, 2.24) is 25.1 Å². The van der Waals surface area contributed by atoms with Crippen LogP contribution in [0.25, 0.3) is 22.0 Å². The second-order valence-electron chi connectivity index (χ2n) is 7.85. The van der Waals surface area contributed by atoms with Crippen molar-refractivity contribution in [3.8, 4) is 22.6 Å². The molecule has 0 atom stereocenters. The van der Waals surface area contributed by atoms with Crippen LogP contribution >= 0.6 is 0 Å². The smallest absolute Gasteiger partial charge is 0.134 e. The fourth-order valence-electron chi connectivity index (χ4n) is 3.81. The molecule has 9 nitrogen and oxygen atoms in total. The van der Waals surface area contributed by atoms with Crippen molar-refractivity contribution < 1.29 is 9.47 Å². The van der Waals surface area contributed by atoms with E-state index in [1.54, 1.807) is 25.1 Å². The fourth-order valence-corrected chi connectivity index (χ4v) is 3.81. The van der Waals surface area contributed by atoms with E-state index in [0.29, 0.717) is 24.6 Å². The number of hydrogen-bond acceptors (Lipinski definition) is 8. The maximum absolute atomic E-state index is 5.51. The third-order valence-corrected chi connectivity index (χ3v) is 5.58. The predicted octanol–water partition coefficient (Wildman–Crippen LogP) is 3.70. The highest BCUT2D eigenvalue weighted by molar-refractivity contribution is 5.92. The maximum atomic E-state index is 5.51. The average molecular weight is 456 g/mol. The maximum Gasteiger partial charge on any atom is 0.134 e. The number of rotatable bonds is 7. The number of hydrogen-bond donors (Lipinski definition) is 1. The first kappa shape index (κ1) is 21.4. The normalized spacial score (nSPS) is 12.9. The van der Waals surface area contributed by atoms with Crippen molar-refractivity contribution in [2.75, 3.05) is 32.2 Å². The molecule has 172 valence electrons. The SMILES string of the molecule is COc1cc(OC)cc(N(CC2=NCC=CN2)c2cc3cc(-c4cnn(C)c4)cnc3cn2)c1. The van der Waals surface area contributed by atoms with E-state index in [-0.39, 0.29) is 0 Å². The lowest BCUT2D eigenvalue weighted by molar-refractivity contribution is 0.394. The van der Waals surface area contributed by atoms with Crippen LogP contribution in [0.2, 0.25) is 0 Å². The Labute approximate surface area is 197 Å². The first-order valence-corrected chi connectivity index (χ1v) is 10.8. The predicted molar refractivity (Wildman–Crippen MR) is 133 cm³/mol. The quantitative estimate of drug-likeness (QED) is 0.454. The number of fused-ring (bicyclic) bond motifs is 1. The molecule has 0 spiro atoms. The van der Waals surface area contributed by atoms with Crippen LogP contribution in [-0.2, 0) is 7.05 Å². The molecule has 4 heterocycles. The average Bonchev–Trinajstić information content (AvgIpc) is 3.33. The van der Waals surface area contributed by atoms with Gasteiger partial charge in [-0.25, -0.2) is 4.98 Å². The molecule has 1 aliphatic rings. The van der Waals surface area contributed by atoms with Gasteiger partial charge in [0.1, 0.15) is 23.2 Å². The summed E-state index contributed by atoms with van der Waals surface area (Å²) >= 11 is 0. The van der Waals surface area contributed by atoms with E-state index in [1.807, 2.05) is 62.2 Å². The van der Waals surface area contributed by atoms with E-state index in [1.165, 1.54) is 0 Å². The molecule has 0 aliphatic carbocycles. The molecule has 0 amide bonds. The number of anilines is 2. The van der Waals surface area contributed by atoms with Crippen LogP contribution in [0.1, 0.15) is 0 Å². The summed E-state index contributed by atoms with van der Waals surface area (Å²) < 4.78 is 12.8. The van der Waals surface area contributed by atoms with Crippen molar-refractivity contribution in [2.24, 2.45) is 12.0 Å². The fraction of sp³-hybridized carbons (Fsp3) is 0.200. The first-order valence-electron chi connectivity index (χ1n) is 10.8. The Hall–Kier alpha value is -4.40. The zero-order chi connectivity index (χ0) is 23.5. The van der Waals surface area contributed by atoms with E-state index in [0.717, 1.165) is 39.4 Å². The number of pyridine rings is 2. The Bertz CT molecular complexity index is 1370. The summed E-state index contributed by atoms with van der Waals surface area (Å²) in [7, 11) is 5.18. The van der Waals surface area contributed by atoms with E-state index in [2.05, 4.69) is 31.4 Å². The van der Waals surface area contributed by atoms with Gasteiger partial charge in [0.05, 0.1) is 50.9 Å². The number of amidine groups is 1. The Kier molecular flexibility index (Phi) is 5.82. The second kappa shape index (κ2) is 9.22. The summed E-state index contributed by atoms with van der Waals surface area (Å²) in [6, 6.07) is 9.90. The van der Waals surface area contributed by atoms with Gasteiger partial charge in [0.25, 0.3) is 0 Å². The minimum absolute atomic E-state index is 0.495. The first-order chi connectivity index (χ1) is 16.6. The third kappa shape index (κ3) is 4.40. The van der Waals surface area contributed by atoms with E-state index in [9.17, 15) is 0 Å². The lowest BCUT2D eigenvalue weighted by atomic mass is 10.1. The second-order valence-corrected chi connectivity index (χ2v) is 7.85. The Morgan fingerprint density at radius 1 is 0.971 bits per heavy atom. The molecule has 0 bridgehead atoms. The topological polar surface area (TPSA) is 89.7 Å². The molecule has 0 radical (unpaired) electrons. The minimum Gasteiger partial charge on any atom is -0.497 e.